The molecule has 0 aliphatic heterocycles. The smallest absolute Gasteiger partial charge is 0.411 e. The van der Waals surface area contributed by atoms with Crippen LogP contribution >= 0.6 is 0 Å². The number of ether oxygens (including phenoxy) is 2. The lowest BCUT2D eigenvalue weighted by Crippen LogP contribution is -2.54. The fourth-order valence-corrected chi connectivity index (χ4v) is 4.56. The van der Waals surface area contributed by atoms with Crippen molar-refractivity contribution in [3.63, 3.8) is 0 Å². The van der Waals surface area contributed by atoms with Crippen molar-refractivity contribution >= 4 is 23.5 Å². The molecule has 0 aliphatic carbocycles. The first-order valence-corrected chi connectivity index (χ1v) is 12.6. The molecule has 0 radical (unpaired) electrons. The van der Waals surface area contributed by atoms with Crippen LogP contribution in [0.2, 0.25) is 0 Å². The third-order valence-electron chi connectivity index (χ3n) is 6.48. The topological polar surface area (TPSA) is 70.5 Å². The predicted molar refractivity (Wildman–Crippen MR) is 148 cm³/mol. The number of nitrogen functional groups attached to an aromatic ring is 2. The van der Waals surface area contributed by atoms with Gasteiger partial charge >= 0.3 is 12.4 Å². The first kappa shape index (κ1) is 32.8. The molecule has 0 aromatic heterocycles. The summed E-state index contributed by atoms with van der Waals surface area (Å²) in [5.41, 5.74) is 4.04. The highest BCUT2D eigenvalue weighted by atomic mass is 19.4. The largest absolute Gasteiger partial charge is 0.457 e. The van der Waals surface area contributed by atoms with E-state index < -0.39 is 41.1 Å². The second-order valence-corrected chi connectivity index (χ2v) is 9.46. The average molecular weight is 642 g/mol. The summed E-state index contributed by atoms with van der Waals surface area (Å²) < 4.78 is 150. The standard InChI is InChI=1S/C31H20F10N2O2/c32-27(33)15-17-13-21(42)5-11-25(17)44-23-7-1-19(2-8-23)29(30(36,37)38,31(39,40)41)20-3-9-24(10-4-20)45-26-12-6-22(43)14-18(26)16-28(34)35/h1-16H,42-43H2. The zero-order chi connectivity index (χ0) is 33.2. The van der Waals surface area contributed by atoms with E-state index in [1.165, 1.54) is 24.3 Å². The van der Waals surface area contributed by atoms with Crippen molar-refractivity contribution in [2.75, 3.05) is 11.5 Å². The number of halogens is 10. The zero-order valence-corrected chi connectivity index (χ0v) is 22.5. The van der Waals surface area contributed by atoms with Gasteiger partial charge < -0.3 is 20.9 Å². The monoisotopic (exact) mass is 642 g/mol. The van der Waals surface area contributed by atoms with Crippen LogP contribution in [0.4, 0.5) is 55.3 Å². The van der Waals surface area contributed by atoms with Gasteiger partial charge in [0.15, 0.2) is 0 Å². The number of anilines is 2. The molecule has 236 valence electrons. The van der Waals surface area contributed by atoms with E-state index in [1.54, 1.807) is 0 Å². The van der Waals surface area contributed by atoms with Crippen LogP contribution in [0.5, 0.6) is 23.0 Å². The highest BCUT2D eigenvalue weighted by molar-refractivity contribution is 5.64. The lowest BCUT2D eigenvalue weighted by atomic mass is 9.73. The normalized spacial score (nSPS) is 12.0. The molecule has 0 amide bonds. The first-order chi connectivity index (χ1) is 21.0. The SMILES string of the molecule is Nc1ccc(Oc2ccc(C(c3ccc(Oc4ccc(N)cc4C=C(F)F)cc3)(C(F)(F)F)C(F)(F)F)cc2)c(C=C(F)F)c1. The number of hydrogen-bond acceptors (Lipinski definition) is 4. The van der Waals surface area contributed by atoms with Gasteiger partial charge in [-0.25, -0.2) is 0 Å². The van der Waals surface area contributed by atoms with Crippen molar-refractivity contribution in [1.82, 2.24) is 0 Å². The second kappa shape index (κ2) is 12.5. The van der Waals surface area contributed by atoms with Gasteiger partial charge in [-0.3, -0.25) is 0 Å². The minimum atomic E-state index is -5.92. The third-order valence-corrected chi connectivity index (χ3v) is 6.48. The van der Waals surface area contributed by atoms with Gasteiger partial charge in [0.25, 0.3) is 12.2 Å². The van der Waals surface area contributed by atoms with Crippen LogP contribution in [0.3, 0.4) is 0 Å². The van der Waals surface area contributed by atoms with Crippen molar-refractivity contribution in [2.45, 2.75) is 17.8 Å². The van der Waals surface area contributed by atoms with Gasteiger partial charge in [-0.2, -0.15) is 43.9 Å². The Bertz CT molecular complexity index is 1590. The van der Waals surface area contributed by atoms with Crippen LogP contribution in [0.25, 0.3) is 12.2 Å². The molecule has 0 heterocycles. The Hall–Kier alpha value is -5.14. The Morgan fingerprint density at radius 1 is 0.511 bits per heavy atom. The summed E-state index contributed by atoms with van der Waals surface area (Å²) in [5, 5.41) is 0. The second-order valence-electron chi connectivity index (χ2n) is 9.46. The minimum Gasteiger partial charge on any atom is -0.457 e. The van der Waals surface area contributed by atoms with Gasteiger partial charge in [-0.1, -0.05) is 24.3 Å². The zero-order valence-electron chi connectivity index (χ0n) is 22.5. The summed E-state index contributed by atoms with van der Waals surface area (Å²) in [6.07, 6.45) is -15.2. The Morgan fingerprint density at radius 3 is 1.13 bits per heavy atom. The van der Waals surface area contributed by atoms with Crippen molar-refractivity contribution < 1.29 is 53.4 Å². The van der Waals surface area contributed by atoms with Crippen molar-refractivity contribution in [3.05, 3.63) is 119 Å². The van der Waals surface area contributed by atoms with Gasteiger partial charge in [0.1, 0.15) is 23.0 Å². The van der Waals surface area contributed by atoms with Gasteiger partial charge in [0, 0.05) is 34.7 Å². The summed E-state index contributed by atoms with van der Waals surface area (Å²) in [5.74, 6) is -0.880. The van der Waals surface area contributed by atoms with E-state index in [0.29, 0.717) is 36.4 Å². The third kappa shape index (κ3) is 7.00. The van der Waals surface area contributed by atoms with Crippen LogP contribution in [0.15, 0.2) is 97.1 Å². The molecule has 0 spiro atoms. The number of hydrogen-bond donors (Lipinski definition) is 2. The van der Waals surface area contributed by atoms with Gasteiger partial charge in [-0.15, -0.1) is 0 Å². The summed E-state index contributed by atoms with van der Waals surface area (Å²) in [4.78, 5) is 0. The lowest BCUT2D eigenvalue weighted by Gasteiger charge is -2.38. The molecule has 4 N–H and O–H groups in total. The Balaban J connectivity index is 1.74. The minimum absolute atomic E-state index is 0.0983. The molecule has 0 fully saturated rings. The number of rotatable bonds is 8. The van der Waals surface area contributed by atoms with Crippen LogP contribution in [-0.2, 0) is 5.41 Å². The Labute approximate surface area is 248 Å². The number of benzene rings is 4. The fourth-order valence-electron chi connectivity index (χ4n) is 4.56. The molecule has 0 atom stereocenters. The summed E-state index contributed by atoms with van der Waals surface area (Å²) in [6.45, 7) is 0. The highest BCUT2D eigenvalue weighted by Crippen LogP contribution is 2.56. The molecular weight excluding hydrogens is 622 g/mol. The quantitative estimate of drug-likeness (QED) is 0.148. The molecule has 4 rings (SSSR count). The highest BCUT2D eigenvalue weighted by Gasteiger charge is 2.72. The molecule has 0 saturated heterocycles. The number of nitrogens with two attached hydrogens (primary N) is 2. The van der Waals surface area contributed by atoms with Crippen molar-refractivity contribution in [2.24, 2.45) is 0 Å². The fraction of sp³-hybridized carbons (Fsp3) is 0.0968. The van der Waals surface area contributed by atoms with E-state index in [4.69, 9.17) is 20.9 Å². The Morgan fingerprint density at radius 2 is 0.844 bits per heavy atom. The first-order valence-electron chi connectivity index (χ1n) is 12.6. The van der Waals surface area contributed by atoms with Gasteiger partial charge in [0.05, 0.1) is 0 Å². The van der Waals surface area contributed by atoms with Crippen LogP contribution < -0.4 is 20.9 Å². The van der Waals surface area contributed by atoms with E-state index in [9.17, 15) is 43.9 Å². The average Bonchev–Trinajstić information content (AvgIpc) is 2.92. The maximum Gasteiger partial charge on any atom is 0.411 e. The van der Waals surface area contributed by atoms with E-state index in [1.807, 2.05) is 0 Å². The molecular formula is C31H20F10N2O2. The molecule has 0 aliphatic rings. The molecule has 45 heavy (non-hydrogen) atoms. The lowest BCUT2D eigenvalue weighted by molar-refractivity contribution is -0.288. The van der Waals surface area contributed by atoms with Crippen molar-refractivity contribution in [3.8, 4) is 23.0 Å². The summed E-state index contributed by atoms with van der Waals surface area (Å²) in [6, 6.07) is 12.8. The molecule has 4 aromatic carbocycles. The van der Waals surface area contributed by atoms with Crippen molar-refractivity contribution in [1.29, 1.82) is 0 Å². The van der Waals surface area contributed by atoms with E-state index in [-0.39, 0.29) is 45.5 Å². The van der Waals surface area contributed by atoms with E-state index >= 15 is 0 Å². The van der Waals surface area contributed by atoms with Gasteiger partial charge in [0.2, 0.25) is 5.41 Å². The van der Waals surface area contributed by atoms with Crippen LogP contribution in [-0.4, -0.2) is 12.4 Å². The molecule has 14 heteroatoms. The van der Waals surface area contributed by atoms with Crippen LogP contribution in [0, 0.1) is 0 Å². The molecule has 0 bridgehead atoms. The maximum atomic E-state index is 14.6. The van der Waals surface area contributed by atoms with E-state index in [0.717, 1.165) is 36.4 Å². The number of alkyl halides is 6. The van der Waals surface area contributed by atoms with Gasteiger partial charge in [-0.05, 0) is 71.8 Å². The molecule has 4 nitrogen and oxygen atoms in total. The molecule has 0 unspecified atom stereocenters. The summed E-state index contributed by atoms with van der Waals surface area (Å²) >= 11 is 0. The molecule has 0 saturated carbocycles. The summed E-state index contributed by atoms with van der Waals surface area (Å²) in [7, 11) is 0. The molecule has 4 aromatic rings. The van der Waals surface area contributed by atoms with E-state index in [2.05, 4.69) is 0 Å². The predicted octanol–water partition coefficient (Wildman–Crippen LogP) is 10.3. The van der Waals surface area contributed by atoms with Crippen LogP contribution in [0.1, 0.15) is 22.3 Å². The maximum absolute atomic E-state index is 14.6. The Kier molecular flexibility index (Phi) is 9.07.